The van der Waals surface area contributed by atoms with E-state index < -0.39 is 0 Å². The topological polar surface area (TPSA) is 59.6 Å². The second-order valence-corrected chi connectivity index (χ2v) is 6.48. The molecule has 2 rings (SSSR count). The molecule has 1 aromatic rings. The number of ether oxygens (including phenoxy) is 2. The average Bonchev–Trinajstić information content (AvgIpc) is 2.54. The van der Waals surface area contributed by atoms with Crippen LogP contribution in [0.4, 0.5) is 0 Å². The van der Waals surface area contributed by atoms with Crippen molar-refractivity contribution in [1.29, 1.82) is 0 Å². The molecule has 1 aliphatic heterocycles. The van der Waals surface area contributed by atoms with E-state index in [1.807, 2.05) is 36.9 Å². The number of hydrogen-bond acceptors (Lipinski definition) is 5. The number of amides is 1. The summed E-state index contributed by atoms with van der Waals surface area (Å²) >= 11 is 1.89. The Morgan fingerprint density at radius 3 is 2.83 bits per heavy atom. The first-order valence-corrected chi connectivity index (χ1v) is 8.62. The van der Waals surface area contributed by atoms with E-state index in [1.54, 1.807) is 14.2 Å². The number of rotatable bonds is 6. The van der Waals surface area contributed by atoms with Crippen molar-refractivity contribution in [3.8, 4) is 11.5 Å². The lowest BCUT2D eigenvalue weighted by Crippen LogP contribution is -2.41. The van der Waals surface area contributed by atoms with Crippen LogP contribution in [0.25, 0.3) is 0 Å². The third kappa shape index (κ3) is 5.79. The molecular formula is C16H25ClN2O3S. The molecule has 2 unspecified atom stereocenters. The highest BCUT2D eigenvalue weighted by atomic mass is 35.5. The smallest absolute Gasteiger partial charge is 0.222 e. The number of benzene rings is 1. The van der Waals surface area contributed by atoms with E-state index in [0.717, 1.165) is 35.1 Å². The van der Waals surface area contributed by atoms with Crippen molar-refractivity contribution in [3.05, 3.63) is 23.8 Å². The Morgan fingerprint density at radius 2 is 2.22 bits per heavy atom. The van der Waals surface area contributed by atoms with Gasteiger partial charge in [-0.1, -0.05) is 0 Å². The summed E-state index contributed by atoms with van der Waals surface area (Å²) < 4.78 is 10.6. The SMILES string of the molecule is COc1ccc(OC)c(C(C)NC(=O)CC2CSCCN2)c1.Cl. The van der Waals surface area contributed by atoms with Crippen molar-refractivity contribution in [2.45, 2.75) is 25.4 Å². The average molecular weight is 361 g/mol. The highest BCUT2D eigenvalue weighted by molar-refractivity contribution is 7.99. The second-order valence-electron chi connectivity index (χ2n) is 5.33. The minimum atomic E-state index is -0.131. The van der Waals surface area contributed by atoms with Crippen LogP contribution in [0.5, 0.6) is 11.5 Å². The first-order chi connectivity index (χ1) is 10.6. The molecule has 1 saturated heterocycles. The first kappa shape index (κ1) is 19.9. The zero-order valence-electron chi connectivity index (χ0n) is 13.8. The molecule has 1 aromatic carbocycles. The maximum Gasteiger partial charge on any atom is 0.222 e. The summed E-state index contributed by atoms with van der Waals surface area (Å²) in [5.41, 5.74) is 0.918. The fourth-order valence-electron chi connectivity index (χ4n) is 2.53. The van der Waals surface area contributed by atoms with Crippen LogP contribution in [-0.2, 0) is 4.79 Å². The molecular weight excluding hydrogens is 336 g/mol. The van der Waals surface area contributed by atoms with Crippen molar-refractivity contribution >= 4 is 30.1 Å². The van der Waals surface area contributed by atoms with Gasteiger partial charge >= 0.3 is 0 Å². The predicted molar refractivity (Wildman–Crippen MR) is 97.1 cm³/mol. The molecule has 0 aliphatic carbocycles. The van der Waals surface area contributed by atoms with E-state index in [4.69, 9.17) is 9.47 Å². The van der Waals surface area contributed by atoms with E-state index >= 15 is 0 Å². The molecule has 1 fully saturated rings. The minimum absolute atomic E-state index is 0. The first-order valence-electron chi connectivity index (χ1n) is 7.46. The summed E-state index contributed by atoms with van der Waals surface area (Å²) in [6.07, 6.45) is 0.504. The molecule has 0 radical (unpaired) electrons. The van der Waals surface area contributed by atoms with Crippen molar-refractivity contribution < 1.29 is 14.3 Å². The van der Waals surface area contributed by atoms with Gasteiger partial charge in [-0.25, -0.2) is 0 Å². The quantitative estimate of drug-likeness (QED) is 0.815. The number of thioether (sulfide) groups is 1. The van der Waals surface area contributed by atoms with Gasteiger partial charge in [0.1, 0.15) is 11.5 Å². The standard InChI is InChI=1S/C16H24N2O3S.ClH/c1-11(14-9-13(20-2)4-5-15(14)21-3)18-16(19)8-12-10-22-7-6-17-12;/h4-5,9,11-12,17H,6-8,10H2,1-3H3,(H,18,19);1H. The van der Waals surface area contributed by atoms with Gasteiger partial charge in [0, 0.05) is 36.1 Å². The zero-order valence-corrected chi connectivity index (χ0v) is 15.4. The third-order valence-electron chi connectivity index (χ3n) is 3.71. The van der Waals surface area contributed by atoms with Crippen LogP contribution >= 0.6 is 24.2 Å². The highest BCUT2D eigenvalue weighted by Crippen LogP contribution is 2.29. The van der Waals surface area contributed by atoms with Gasteiger partial charge in [0.15, 0.2) is 0 Å². The highest BCUT2D eigenvalue weighted by Gasteiger charge is 2.19. The Morgan fingerprint density at radius 1 is 1.43 bits per heavy atom. The van der Waals surface area contributed by atoms with Gasteiger partial charge in [0.25, 0.3) is 0 Å². The Bertz CT molecular complexity index is 510. The zero-order chi connectivity index (χ0) is 15.9. The van der Waals surface area contributed by atoms with E-state index in [0.29, 0.717) is 6.42 Å². The Balaban J connectivity index is 0.00000264. The third-order valence-corrected chi connectivity index (χ3v) is 4.84. The van der Waals surface area contributed by atoms with Crippen molar-refractivity contribution in [2.24, 2.45) is 0 Å². The molecule has 0 aromatic heterocycles. The molecule has 2 N–H and O–H groups in total. The van der Waals surface area contributed by atoms with Crippen LogP contribution in [0, 0.1) is 0 Å². The number of hydrogen-bond donors (Lipinski definition) is 2. The Labute approximate surface area is 148 Å². The fraction of sp³-hybridized carbons (Fsp3) is 0.562. The van der Waals surface area contributed by atoms with Gasteiger partial charge in [-0.3, -0.25) is 4.79 Å². The van der Waals surface area contributed by atoms with Crippen molar-refractivity contribution in [3.63, 3.8) is 0 Å². The van der Waals surface area contributed by atoms with Gasteiger partial charge in [0.2, 0.25) is 5.91 Å². The van der Waals surface area contributed by atoms with E-state index in [9.17, 15) is 4.79 Å². The van der Waals surface area contributed by atoms with Crippen molar-refractivity contribution in [1.82, 2.24) is 10.6 Å². The minimum Gasteiger partial charge on any atom is -0.497 e. The normalized spacial score (nSPS) is 18.5. The summed E-state index contributed by atoms with van der Waals surface area (Å²) in [4.78, 5) is 12.2. The predicted octanol–water partition coefficient (Wildman–Crippen LogP) is 2.40. The monoisotopic (exact) mass is 360 g/mol. The number of halogens is 1. The molecule has 5 nitrogen and oxygen atoms in total. The summed E-state index contributed by atoms with van der Waals surface area (Å²) in [7, 11) is 3.25. The molecule has 0 bridgehead atoms. The lowest BCUT2D eigenvalue weighted by Gasteiger charge is -2.24. The van der Waals surface area contributed by atoms with Crippen LogP contribution < -0.4 is 20.1 Å². The maximum absolute atomic E-state index is 12.2. The van der Waals surface area contributed by atoms with E-state index in [-0.39, 0.29) is 30.4 Å². The second kappa shape index (κ2) is 9.90. The molecule has 23 heavy (non-hydrogen) atoms. The van der Waals surface area contributed by atoms with Gasteiger partial charge in [-0.2, -0.15) is 11.8 Å². The molecule has 1 aliphatic rings. The van der Waals surface area contributed by atoms with E-state index in [2.05, 4.69) is 10.6 Å². The van der Waals surface area contributed by atoms with Gasteiger partial charge in [0.05, 0.1) is 20.3 Å². The summed E-state index contributed by atoms with van der Waals surface area (Å²) in [5, 5.41) is 6.42. The van der Waals surface area contributed by atoms with Crippen LogP contribution in [-0.4, -0.2) is 44.2 Å². The van der Waals surface area contributed by atoms with Crippen LogP contribution in [0.3, 0.4) is 0 Å². The largest absolute Gasteiger partial charge is 0.497 e. The lowest BCUT2D eigenvalue weighted by atomic mass is 10.1. The molecule has 1 amide bonds. The Kier molecular flexibility index (Phi) is 8.58. The van der Waals surface area contributed by atoms with Crippen LogP contribution in [0.15, 0.2) is 18.2 Å². The molecule has 7 heteroatoms. The molecule has 0 saturated carbocycles. The summed E-state index contributed by atoms with van der Waals surface area (Å²) in [6, 6.07) is 5.74. The number of carbonyl (C=O) groups is 1. The van der Waals surface area contributed by atoms with Crippen LogP contribution in [0.2, 0.25) is 0 Å². The lowest BCUT2D eigenvalue weighted by molar-refractivity contribution is -0.122. The summed E-state index contributed by atoms with van der Waals surface area (Å²) in [6.45, 7) is 2.93. The van der Waals surface area contributed by atoms with Gasteiger partial charge in [-0.15, -0.1) is 12.4 Å². The number of nitrogens with one attached hydrogen (secondary N) is 2. The molecule has 130 valence electrons. The van der Waals surface area contributed by atoms with Crippen LogP contribution in [0.1, 0.15) is 24.9 Å². The Hall–Kier alpha value is -1.11. The van der Waals surface area contributed by atoms with Crippen molar-refractivity contribution in [2.75, 3.05) is 32.3 Å². The summed E-state index contributed by atoms with van der Waals surface area (Å²) in [5.74, 6) is 3.67. The number of methoxy groups -OCH3 is 2. The maximum atomic E-state index is 12.2. The number of carbonyl (C=O) groups excluding carboxylic acids is 1. The van der Waals surface area contributed by atoms with Gasteiger partial charge in [-0.05, 0) is 25.1 Å². The fourth-order valence-corrected chi connectivity index (χ4v) is 3.48. The van der Waals surface area contributed by atoms with Gasteiger partial charge < -0.3 is 20.1 Å². The molecule has 0 spiro atoms. The molecule has 1 heterocycles. The molecule has 2 atom stereocenters. The van der Waals surface area contributed by atoms with E-state index in [1.165, 1.54) is 0 Å².